The van der Waals surface area contributed by atoms with Crippen molar-refractivity contribution in [3.63, 3.8) is 0 Å². The molecule has 0 fully saturated rings. The van der Waals surface area contributed by atoms with Crippen LogP contribution in [0.1, 0.15) is 5.56 Å². The van der Waals surface area contributed by atoms with E-state index in [4.69, 9.17) is 15.2 Å². The van der Waals surface area contributed by atoms with Gasteiger partial charge in [0.1, 0.15) is 0 Å². The summed E-state index contributed by atoms with van der Waals surface area (Å²) in [7, 11) is 3.18. The van der Waals surface area contributed by atoms with Crippen LogP contribution in [0.3, 0.4) is 0 Å². The molecule has 0 amide bonds. The number of ether oxygens (including phenoxy) is 2. The van der Waals surface area contributed by atoms with Crippen molar-refractivity contribution in [2.24, 2.45) is 10.7 Å². The zero-order valence-electron chi connectivity index (χ0n) is 14.7. The average Bonchev–Trinajstić information content (AvgIpc) is 3.21. The third kappa shape index (κ3) is 4.13. The molecule has 0 aliphatic rings. The van der Waals surface area contributed by atoms with Gasteiger partial charge in [-0.25, -0.2) is 9.67 Å². The Morgan fingerprint density at radius 3 is 2.54 bits per heavy atom. The maximum atomic E-state index is 5.98. The highest BCUT2D eigenvalue weighted by Gasteiger charge is 2.05. The number of nitrogens with two attached hydrogens (primary N) is 1. The van der Waals surface area contributed by atoms with Crippen molar-refractivity contribution in [2.75, 3.05) is 19.5 Å². The number of guanidine groups is 1. The number of rotatable bonds is 6. The lowest BCUT2D eigenvalue weighted by molar-refractivity contribution is 0.355. The highest BCUT2D eigenvalue weighted by Crippen LogP contribution is 2.29. The van der Waals surface area contributed by atoms with E-state index in [1.807, 2.05) is 48.7 Å². The minimum Gasteiger partial charge on any atom is -0.493 e. The lowest BCUT2D eigenvalue weighted by atomic mass is 10.2. The Balaban J connectivity index is 1.63. The molecule has 1 aromatic heterocycles. The second-order valence-corrected chi connectivity index (χ2v) is 5.51. The van der Waals surface area contributed by atoms with Crippen molar-refractivity contribution in [1.29, 1.82) is 0 Å². The summed E-state index contributed by atoms with van der Waals surface area (Å²) >= 11 is 0. The van der Waals surface area contributed by atoms with Crippen molar-refractivity contribution in [3.8, 4) is 17.2 Å². The highest BCUT2D eigenvalue weighted by molar-refractivity contribution is 5.92. The van der Waals surface area contributed by atoms with E-state index in [-0.39, 0.29) is 0 Å². The second-order valence-electron chi connectivity index (χ2n) is 5.51. The molecule has 1 heterocycles. The SMILES string of the molecule is COc1ccc(NC(N)=NCc2ccc(-n3cccn3)cc2)cc1OC. The minimum absolute atomic E-state index is 0.327. The molecule has 26 heavy (non-hydrogen) atoms. The van der Waals surface area contributed by atoms with Crippen LogP contribution in [0.15, 0.2) is 65.9 Å². The van der Waals surface area contributed by atoms with Gasteiger partial charge < -0.3 is 20.5 Å². The molecule has 7 heteroatoms. The number of anilines is 1. The monoisotopic (exact) mass is 351 g/mol. The predicted octanol–water partition coefficient (Wildman–Crippen LogP) is 2.82. The van der Waals surface area contributed by atoms with Crippen molar-refractivity contribution in [2.45, 2.75) is 6.54 Å². The van der Waals surface area contributed by atoms with E-state index in [0.717, 1.165) is 16.9 Å². The quantitative estimate of drug-likeness (QED) is 0.527. The molecule has 0 atom stereocenters. The molecule has 0 unspecified atom stereocenters. The van der Waals surface area contributed by atoms with E-state index < -0.39 is 0 Å². The summed E-state index contributed by atoms with van der Waals surface area (Å²) in [5.41, 5.74) is 8.80. The molecule has 0 aliphatic carbocycles. The van der Waals surface area contributed by atoms with Gasteiger partial charge in [0, 0.05) is 24.1 Å². The van der Waals surface area contributed by atoms with Gasteiger partial charge in [-0.3, -0.25) is 0 Å². The normalized spacial score (nSPS) is 11.2. The number of benzene rings is 2. The van der Waals surface area contributed by atoms with E-state index in [1.165, 1.54) is 0 Å². The molecule has 2 aromatic carbocycles. The van der Waals surface area contributed by atoms with Gasteiger partial charge in [-0.1, -0.05) is 12.1 Å². The van der Waals surface area contributed by atoms with Crippen LogP contribution in [0, 0.1) is 0 Å². The number of hydrogen-bond acceptors (Lipinski definition) is 4. The molecular formula is C19H21N5O2. The van der Waals surface area contributed by atoms with Gasteiger partial charge in [0.15, 0.2) is 17.5 Å². The maximum Gasteiger partial charge on any atom is 0.193 e. The lowest BCUT2D eigenvalue weighted by Gasteiger charge is -2.11. The Labute approximate surface area is 152 Å². The standard InChI is InChI=1S/C19H21N5O2/c1-25-17-9-6-15(12-18(17)26-2)23-19(20)21-13-14-4-7-16(8-5-14)24-11-3-10-22-24/h3-12H,13H2,1-2H3,(H3,20,21,23). The number of aromatic nitrogens is 2. The van der Waals surface area contributed by atoms with Crippen molar-refractivity contribution in [3.05, 3.63) is 66.5 Å². The third-order valence-electron chi connectivity index (χ3n) is 3.79. The van der Waals surface area contributed by atoms with Crippen LogP contribution in [0.25, 0.3) is 5.69 Å². The Hall–Kier alpha value is -3.48. The first-order valence-corrected chi connectivity index (χ1v) is 8.07. The number of nitrogens with zero attached hydrogens (tertiary/aromatic N) is 3. The summed E-state index contributed by atoms with van der Waals surface area (Å²) in [6.45, 7) is 0.478. The molecule has 0 bridgehead atoms. The Bertz CT molecular complexity index is 873. The number of methoxy groups -OCH3 is 2. The molecule has 7 nitrogen and oxygen atoms in total. The Morgan fingerprint density at radius 2 is 1.88 bits per heavy atom. The molecule has 134 valence electrons. The molecule has 0 saturated heterocycles. The van der Waals surface area contributed by atoms with Crippen molar-refractivity contribution in [1.82, 2.24) is 9.78 Å². The van der Waals surface area contributed by atoms with Gasteiger partial charge in [-0.15, -0.1) is 0 Å². The lowest BCUT2D eigenvalue weighted by Crippen LogP contribution is -2.22. The smallest absolute Gasteiger partial charge is 0.193 e. The van der Waals surface area contributed by atoms with E-state index >= 15 is 0 Å². The van der Waals surface area contributed by atoms with Gasteiger partial charge in [0.25, 0.3) is 0 Å². The van der Waals surface area contributed by atoms with Crippen LogP contribution < -0.4 is 20.5 Å². The van der Waals surface area contributed by atoms with Crippen LogP contribution in [-0.4, -0.2) is 30.0 Å². The van der Waals surface area contributed by atoms with E-state index in [2.05, 4.69) is 15.4 Å². The molecule has 0 spiro atoms. The molecule has 3 rings (SSSR count). The Kier molecular flexibility index (Phi) is 5.38. The molecule has 0 saturated carbocycles. The highest BCUT2D eigenvalue weighted by atomic mass is 16.5. The van der Waals surface area contributed by atoms with Gasteiger partial charge in [-0.2, -0.15) is 5.10 Å². The second kappa shape index (κ2) is 8.06. The number of aliphatic imine (C=N–C) groups is 1. The van der Waals surface area contributed by atoms with E-state index in [9.17, 15) is 0 Å². The largest absolute Gasteiger partial charge is 0.493 e. The summed E-state index contributed by atoms with van der Waals surface area (Å²) in [6.07, 6.45) is 3.65. The minimum atomic E-state index is 0.327. The number of nitrogens with one attached hydrogen (secondary N) is 1. The van der Waals surface area contributed by atoms with Gasteiger partial charge in [0.2, 0.25) is 0 Å². The third-order valence-corrected chi connectivity index (χ3v) is 3.79. The maximum absolute atomic E-state index is 5.98. The molecule has 3 aromatic rings. The summed E-state index contributed by atoms with van der Waals surface area (Å²) < 4.78 is 12.3. The van der Waals surface area contributed by atoms with Crippen LogP contribution >= 0.6 is 0 Å². The van der Waals surface area contributed by atoms with Gasteiger partial charge in [-0.05, 0) is 35.9 Å². The fourth-order valence-corrected chi connectivity index (χ4v) is 2.45. The molecular weight excluding hydrogens is 330 g/mol. The summed E-state index contributed by atoms with van der Waals surface area (Å²) in [5.74, 6) is 1.61. The zero-order valence-corrected chi connectivity index (χ0v) is 14.7. The molecule has 0 radical (unpaired) electrons. The van der Waals surface area contributed by atoms with E-state index in [1.54, 1.807) is 31.2 Å². The summed E-state index contributed by atoms with van der Waals surface area (Å²) in [6, 6.07) is 15.4. The molecule has 0 aliphatic heterocycles. The fraction of sp³-hybridized carbons (Fsp3) is 0.158. The number of hydrogen-bond donors (Lipinski definition) is 2. The van der Waals surface area contributed by atoms with Crippen LogP contribution in [0.2, 0.25) is 0 Å². The molecule has 3 N–H and O–H groups in total. The van der Waals surface area contributed by atoms with Gasteiger partial charge >= 0.3 is 0 Å². The topological polar surface area (TPSA) is 86.7 Å². The first-order valence-electron chi connectivity index (χ1n) is 8.07. The van der Waals surface area contributed by atoms with Crippen molar-refractivity contribution >= 4 is 11.6 Å². The summed E-state index contributed by atoms with van der Waals surface area (Å²) in [5, 5.41) is 7.25. The van der Waals surface area contributed by atoms with E-state index in [0.29, 0.717) is 24.0 Å². The fourth-order valence-electron chi connectivity index (χ4n) is 2.45. The van der Waals surface area contributed by atoms with Crippen LogP contribution in [0.4, 0.5) is 5.69 Å². The average molecular weight is 351 g/mol. The predicted molar refractivity (Wildman–Crippen MR) is 102 cm³/mol. The summed E-state index contributed by atoms with van der Waals surface area (Å²) in [4.78, 5) is 4.37. The first kappa shape index (κ1) is 17.3. The van der Waals surface area contributed by atoms with Crippen LogP contribution in [0.5, 0.6) is 11.5 Å². The van der Waals surface area contributed by atoms with Crippen molar-refractivity contribution < 1.29 is 9.47 Å². The van der Waals surface area contributed by atoms with Crippen LogP contribution in [-0.2, 0) is 6.54 Å². The Morgan fingerprint density at radius 1 is 1.12 bits per heavy atom. The first-order chi connectivity index (χ1) is 12.7. The zero-order chi connectivity index (χ0) is 18.4. The van der Waals surface area contributed by atoms with Gasteiger partial charge in [0.05, 0.1) is 26.5 Å².